The van der Waals surface area contributed by atoms with Crippen LogP contribution in [-0.2, 0) is 20.8 Å². The summed E-state index contributed by atoms with van der Waals surface area (Å²) >= 11 is 0. The lowest BCUT2D eigenvalue weighted by Crippen LogP contribution is -2.56. The molecule has 2 amide bonds. The Hall–Kier alpha value is -2.41. The summed E-state index contributed by atoms with van der Waals surface area (Å²) < 4.78 is 0. The average Bonchev–Trinajstić information content (AvgIpc) is 2.58. The number of aliphatic carboxylic acids is 1. The van der Waals surface area contributed by atoms with E-state index >= 15 is 0 Å². The van der Waals surface area contributed by atoms with Gasteiger partial charge < -0.3 is 21.5 Å². The second-order valence-electron chi connectivity index (χ2n) is 7.09. The fourth-order valence-corrected chi connectivity index (χ4v) is 2.40. The van der Waals surface area contributed by atoms with Crippen LogP contribution in [0.3, 0.4) is 0 Å². The SMILES string of the molecule is CC(C)C(N)C(=O)N[C@@H](Cc1ccccc1)C(=O)N[C@H](C(=O)O)C(C)C. The summed E-state index contributed by atoms with van der Waals surface area (Å²) in [7, 11) is 0. The van der Waals surface area contributed by atoms with Crippen molar-refractivity contribution >= 4 is 17.8 Å². The Kier molecular flexibility index (Phi) is 8.25. The summed E-state index contributed by atoms with van der Waals surface area (Å²) in [6.45, 7) is 7.04. The smallest absolute Gasteiger partial charge is 0.326 e. The van der Waals surface area contributed by atoms with Crippen LogP contribution in [-0.4, -0.2) is 41.0 Å². The van der Waals surface area contributed by atoms with Gasteiger partial charge in [-0.15, -0.1) is 0 Å². The molecule has 1 aromatic rings. The molecule has 0 aliphatic carbocycles. The second kappa shape index (κ2) is 9.91. The third kappa shape index (κ3) is 6.48. The molecule has 1 unspecified atom stereocenters. The first-order chi connectivity index (χ1) is 12.1. The Morgan fingerprint density at radius 3 is 2.00 bits per heavy atom. The number of nitrogens with two attached hydrogens (primary N) is 1. The predicted octanol–water partition coefficient (Wildman–Crippen LogP) is 0.923. The van der Waals surface area contributed by atoms with Gasteiger partial charge in [0.25, 0.3) is 0 Å². The molecule has 3 atom stereocenters. The van der Waals surface area contributed by atoms with Gasteiger partial charge in [0.05, 0.1) is 6.04 Å². The molecule has 0 aliphatic heterocycles. The number of carbonyl (C=O) groups excluding carboxylic acids is 2. The molecule has 0 aliphatic rings. The van der Waals surface area contributed by atoms with E-state index in [1.165, 1.54) is 0 Å². The van der Waals surface area contributed by atoms with Crippen LogP contribution in [0.2, 0.25) is 0 Å². The van der Waals surface area contributed by atoms with Crippen LogP contribution >= 0.6 is 0 Å². The average molecular weight is 363 g/mol. The van der Waals surface area contributed by atoms with Crippen molar-refractivity contribution in [1.29, 1.82) is 0 Å². The molecule has 0 spiro atoms. The molecule has 144 valence electrons. The van der Waals surface area contributed by atoms with Crippen molar-refractivity contribution in [3.8, 4) is 0 Å². The molecule has 0 radical (unpaired) electrons. The van der Waals surface area contributed by atoms with E-state index in [-0.39, 0.29) is 18.3 Å². The summed E-state index contributed by atoms with van der Waals surface area (Å²) in [5.41, 5.74) is 6.71. The fraction of sp³-hybridized carbons (Fsp3) is 0.526. The molecule has 0 heterocycles. The normalized spacial score (nSPS) is 14.6. The number of carboxylic acids is 1. The zero-order chi connectivity index (χ0) is 19.9. The van der Waals surface area contributed by atoms with E-state index in [1.807, 2.05) is 44.2 Å². The van der Waals surface area contributed by atoms with Gasteiger partial charge in [-0.25, -0.2) is 4.79 Å². The fourth-order valence-electron chi connectivity index (χ4n) is 2.40. The van der Waals surface area contributed by atoms with E-state index in [2.05, 4.69) is 10.6 Å². The molecule has 26 heavy (non-hydrogen) atoms. The van der Waals surface area contributed by atoms with Crippen molar-refractivity contribution in [3.05, 3.63) is 35.9 Å². The Morgan fingerprint density at radius 1 is 0.962 bits per heavy atom. The van der Waals surface area contributed by atoms with Crippen molar-refractivity contribution in [3.63, 3.8) is 0 Å². The van der Waals surface area contributed by atoms with Crippen LogP contribution in [0.5, 0.6) is 0 Å². The van der Waals surface area contributed by atoms with Gasteiger partial charge in [-0.05, 0) is 17.4 Å². The first kappa shape index (κ1) is 21.6. The number of nitrogens with one attached hydrogen (secondary N) is 2. The Balaban J connectivity index is 2.97. The van der Waals surface area contributed by atoms with Crippen molar-refractivity contribution in [2.24, 2.45) is 17.6 Å². The number of rotatable bonds is 9. The molecule has 0 bridgehead atoms. The van der Waals surface area contributed by atoms with Crippen LogP contribution in [0.25, 0.3) is 0 Å². The highest BCUT2D eigenvalue weighted by molar-refractivity contribution is 5.92. The van der Waals surface area contributed by atoms with Crippen molar-refractivity contribution in [2.45, 2.75) is 52.2 Å². The Morgan fingerprint density at radius 2 is 1.54 bits per heavy atom. The first-order valence-electron chi connectivity index (χ1n) is 8.76. The highest BCUT2D eigenvalue weighted by Gasteiger charge is 2.30. The van der Waals surface area contributed by atoms with Crippen molar-refractivity contribution in [2.75, 3.05) is 0 Å². The highest BCUT2D eigenvalue weighted by Crippen LogP contribution is 2.08. The number of amides is 2. The number of hydrogen-bond acceptors (Lipinski definition) is 4. The summed E-state index contributed by atoms with van der Waals surface area (Å²) in [5.74, 6) is -2.47. The van der Waals surface area contributed by atoms with Crippen molar-refractivity contribution in [1.82, 2.24) is 10.6 Å². The molecular weight excluding hydrogens is 334 g/mol. The molecule has 1 aromatic carbocycles. The lowest BCUT2D eigenvalue weighted by atomic mass is 10.0. The zero-order valence-electron chi connectivity index (χ0n) is 15.7. The molecule has 0 fully saturated rings. The number of hydrogen-bond donors (Lipinski definition) is 4. The third-order valence-electron chi connectivity index (χ3n) is 4.17. The minimum atomic E-state index is -1.11. The van der Waals surface area contributed by atoms with E-state index in [1.54, 1.807) is 13.8 Å². The molecule has 7 nitrogen and oxygen atoms in total. The van der Waals surface area contributed by atoms with Gasteiger partial charge in [-0.3, -0.25) is 9.59 Å². The first-order valence-corrected chi connectivity index (χ1v) is 8.76. The maximum Gasteiger partial charge on any atom is 0.326 e. The van der Waals surface area contributed by atoms with Gasteiger partial charge in [0.1, 0.15) is 12.1 Å². The van der Waals surface area contributed by atoms with E-state index in [0.717, 1.165) is 5.56 Å². The third-order valence-corrected chi connectivity index (χ3v) is 4.17. The van der Waals surface area contributed by atoms with Crippen LogP contribution in [0, 0.1) is 11.8 Å². The molecule has 7 heteroatoms. The van der Waals surface area contributed by atoms with E-state index in [4.69, 9.17) is 5.73 Å². The number of carbonyl (C=O) groups is 3. The predicted molar refractivity (Wildman–Crippen MR) is 99.3 cm³/mol. The van der Waals surface area contributed by atoms with Gasteiger partial charge in [-0.1, -0.05) is 58.0 Å². The second-order valence-corrected chi connectivity index (χ2v) is 7.09. The topological polar surface area (TPSA) is 122 Å². The van der Waals surface area contributed by atoms with Crippen LogP contribution < -0.4 is 16.4 Å². The lowest BCUT2D eigenvalue weighted by Gasteiger charge is -2.25. The van der Waals surface area contributed by atoms with Crippen LogP contribution in [0.1, 0.15) is 33.3 Å². The van der Waals surface area contributed by atoms with Gasteiger partial charge in [-0.2, -0.15) is 0 Å². The van der Waals surface area contributed by atoms with Gasteiger partial charge >= 0.3 is 5.97 Å². The van der Waals surface area contributed by atoms with Gasteiger partial charge in [0.15, 0.2) is 0 Å². The minimum Gasteiger partial charge on any atom is -0.480 e. The van der Waals surface area contributed by atoms with Gasteiger partial charge in [0.2, 0.25) is 11.8 Å². The van der Waals surface area contributed by atoms with E-state index < -0.39 is 35.9 Å². The molecule has 0 aromatic heterocycles. The molecule has 1 rings (SSSR count). The molecule has 0 saturated heterocycles. The van der Waals surface area contributed by atoms with E-state index in [0.29, 0.717) is 0 Å². The van der Waals surface area contributed by atoms with Crippen LogP contribution in [0.15, 0.2) is 30.3 Å². The Bertz CT molecular complexity index is 616. The standard InChI is InChI=1S/C19H29N3O4/c1-11(2)15(20)18(24)21-14(10-13-8-6-5-7-9-13)17(23)22-16(12(3)4)19(25)26/h5-9,11-12,14-16H,10,20H2,1-4H3,(H,21,24)(H,22,23)(H,25,26)/t14-,15?,16-/m0/s1. The number of benzene rings is 1. The highest BCUT2D eigenvalue weighted by atomic mass is 16.4. The molecule has 5 N–H and O–H groups in total. The molecular formula is C19H29N3O4. The zero-order valence-corrected chi connectivity index (χ0v) is 15.7. The maximum atomic E-state index is 12.7. The number of carboxylic acid groups (broad SMARTS) is 1. The van der Waals surface area contributed by atoms with Gasteiger partial charge in [0, 0.05) is 6.42 Å². The van der Waals surface area contributed by atoms with E-state index in [9.17, 15) is 19.5 Å². The van der Waals surface area contributed by atoms with Crippen molar-refractivity contribution < 1.29 is 19.5 Å². The summed E-state index contributed by atoms with van der Waals surface area (Å²) in [6, 6.07) is 6.51. The summed E-state index contributed by atoms with van der Waals surface area (Å²) in [5, 5.41) is 14.5. The largest absolute Gasteiger partial charge is 0.480 e. The monoisotopic (exact) mass is 363 g/mol. The Labute approximate surface area is 154 Å². The summed E-state index contributed by atoms with van der Waals surface area (Å²) in [4.78, 5) is 36.3. The lowest BCUT2D eigenvalue weighted by molar-refractivity contribution is -0.143. The molecule has 0 saturated carbocycles. The van der Waals surface area contributed by atoms with Crippen LogP contribution in [0.4, 0.5) is 0 Å². The summed E-state index contributed by atoms with van der Waals surface area (Å²) in [6.07, 6.45) is 0.244. The quantitative estimate of drug-likeness (QED) is 0.520. The maximum absolute atomic E-state index is 12.7. The minimum absolute atomic E-state index is 0.0853.